The monoisotopic (exact) mass is 1590 g/mol. The van der Waals surface area contributed by atoms with E-state index < -0.39 is 240 Å². The maximum absolute atomic E-state index is 14.2. The van der Waals surface area contributed by atoms with E-state index in [1.165, 1.54) is 20.8 Å². The van der Waals surface area contributed by atoms with E-state index >= 15 is 0 Å². The van der Waals surface area contributed by atoms with Crippen molar-refractivity contribution in [3.8, 4) is 0 Å². The molecule has 0 aromatic rings. The number of hydrogen-bond donors (Lipinski definition) is 26. The van der Waals surface area contributed by atoms with Gasteiger partial charge in [0.15, 0.2) is 0 Å². The molecule has 0 fully saturated rings. The molecule has 0 saturated carbocycles. The molecule has 0 aromatic carbocycles. The van der Waals surface area contributed by atoms with Crippen molar-refractivity contribution in [3.63, 3.8) is 0 Å². The van der Waals surface area contributed by atoms with E-state index in [2.05, 4.69) is 99.7 Å². The second-order valence-electron chi connectivity index (χ2n) is 27.6. The summed E-state index contributed by atoms with van der Waals surface area (Å²) in [6, 6.07) is -24.7. The lowest BCUT2D eigenvalue weighted by atomic mass is 9.96. The summed E-state index contributed by atoms with van der Waals surface area (Å²) in [5.41, 5.74) is 22.7. The van der Waals surface area contributed by atoms with Gasteiger partial charge in [0.2, 0.25) is 88.6 Å². The fraction of sp³-hybridized carbons (Fsp3) is 0.742. The number of primary amides is 1. The Morgan fingerprint density at radius 3 is 0.982 bits per heavy atom. The van der Waals surface area contributed by atoms with Gasteiger partial charge in [-0.3, -0.25) is 76.7 Å². The average Bonchev–Trinajstić information content (AvgIpc) is 0.846. The van der Waals surface area contributed by atoms with Gasteiger partial charge in [-0.05, 0) is 124 Å². The van der Waals surface area contributed by atoms with E-state index in [1.807, 2.05) is 13.8 Å². The van der Waals surface area contributed by atoms with Crippen LogP contribution >= 0.6 is 25.3 Å². The Kier molecular flexibility index (Phi) is 47.0. The van der Waals surface area contributed by atoms with Crippen molar-refractivity contribution in [1.29, 1.82) is 0 Å². The summed E-state index contributed by atoms with van der Waals surface area (Å²) in [7, 11) is 0. The molecule has 43 heteroatoms. The summed E-state index contributed by atoms with van der Waals surface area (Å²) >= 11 is 8.32. The summed E-state index contributed by atoms with van der Waals surface area (Å²) in [6.07, 6.45) is -8.70. The van der Waals surface area contributed by atoms with Gasteiger partial charge >= 0.3 is 11.9 Å². The topological polar surface area (TPSA) is 684 Å². The molecule has 0 heterocycles. The highest BCUT2D eigenvalue weighted by atomic mass is 32.1. The molecule has 28 N–H and O–H groups in total. The lowest BCUT2D eigenvalue weighted by molar-refractivity contribution is -0.143. The van der Waals surface area contributed by atoms with Crippen LogP contribution in [0.3, 0.4) is 0 Å². The van der Waals surface area contributed by atoms with Crippen molar-refractivity contribution >= 4 is 126 Å². The molecule has 109 heavy (non-hydrogen) atoms. The molecule has 0 aromatic heterocycles. The number of carboxylic acids is 2. The van der Waals surface area contributed by atoms with Gasteiger partial charge in [0.25, 0.3) is 0 Å². The molecule has 0 unspecified atom stereocenters. The molecular formula is C66H118N18O23S2. The molecule has 622 valence electrons. The first kappa shape index (κ1) is 100. The highest BCUT2D eigenvalue weighted by Crippen LogP contribution is 2.14. The Bertz CT molecular complexity index is 3080. The Balaban J connectivity index is 6.79. The number of nitrogens with one attached hydrogen (secondary N) is 14. The highest BCUT2D eigenvalue weighted by Gasteiger charge is 2.41. The van der Waals surface area contributed by atoms with Crippen LogP contribution in [-0.4, -0.2) is 271 Å². The molecule has 15 amide bonds. The minimum atomic E-state index is -2.09. The molecule has 41 nitrogen and oxygen atoms in total. The maximum atomic E-state index is 14.2. The molecule has 0 aliphatic heterocycles. The summed E-state index contributed by atoms with van der Waals surface area (Å²) in [4.78, 5) is 228. The van der Waals surface area contributed by atoms with Crippen LogP contribution in [0.4, 0.5) is 0 Å². The zero-order valence-electron chi connectivity index (χ0n) is 63.6. The number of carbonyl (C=O) groups is 17. The molecule has 0 aliphatic rings. The number of carbonyl (C=O) groups excluding carboxylic acids is 15. The Morgan fingerprint density at radius 2 is 0.624 bits per heavy atom. The van der Waals surface area contributed by atoms with Gasteiger partial charge in [-0.15, -0.1) is 0 Å². The van der Waals surface area contributed by atoms with Crippen LogP contribution in [0, 0.1) is 17.8 Å². The maximum Gasteiger partial charge on any atom is 0.326 e. The van der Waals surface area contributed by atoms with E-state index in [1.54, 1.807) is 20.8 Å². The third-order valence-electron chi connectivity index (χ3n) is 16.8. The first-order chi connectivity index (χ1) is 50.7. The van der Waals surface area contributed by atoms with Crippen molar-refractivity contribution in [2.24, 2.45) is 40.7 Å². The lowest BCUT2D eigenvalue weighted by Crippen LogP contribution is -2.64. The zero-order chi connectivity index (χ0) is 84.0. The van der Waals surface area contributed by atoms with Crippen LogP contribution in [0.25, 0.3) is 0 Å². The van der Waals surface area contributed by atoms with Crippen LogP contribution < -0.4 is 97.4 Å². The van der Waals surface area contributed by atoms with Crippen LogP contribution in [0.15, 0.2) is 0 Å². The molecule has 0 saturated heterocycles. The fourth-order valence-electron chi connectivity index (χ4n) is 10.3. The van der Waals surface area contributed by atoms with Gasteiger partial charge in [0.05, 0.1) is 43.3 Å². The summed E-state index contributed by atoms with van der Waals surface area (Å²) in [6.45, 7) is 17.2. The Morgan fingerprint density at radius 1 is 0.339 bits per heavy atom. The standard InChI is InChI=1S/C66H118N18O23S2/c1-13-30(6)47(61(101)83-50(35(11)87)64(104)77-42(66(106)107)23-29(4)5)80-57(97)40(24-45(70)89)76-63(103)49(34(10)86)84-65(105)51(36(12)88)81-56(96)39(19-15-17-21-68)74-62(102)48(33(9)85)82-58(98)41(25-46(90)91)75-55(95)38(18-14-16-20-67)73-59(99)44(27-109)79-60(100)43(26-108)78-53(93)32(8)71-52(92)31(7)72-54(94)37(69)22-28(2)3/h28-44,47-51,85-88,108-109H,13-27,67-69H2,1-12H3,(H2,70,89)(H,71,92)(H,72,94)(H,73,99)(H,74,102)(H,75,95)(H,76,103)(H,77,104)(H,78,93)(H,79,100)(H,80,97)(H,81,96)(H,82,98)(H,83,101)(H,84,105)(H,90,91)(H,106,107)/t30-,31-,32-,33+,34+,35+,36+,37-,38-,39-,40-,41-,42-,43-,44-,47-,48-,49-,50-,51-/m0/s1. The lowest BCUT2D eigenvalue weighted by Gasteiger charge is -2.30. The smallest absolute Gasteiger partial charge is 0.326 e. The summed E-state index contributed by atoms with van der Waals surface area (Å²) < 4.78 is 0. The molecule has 0 rings (SSSR count). The van der Waals surface area contributed by atoms with E-state index in [0.717, 1.165) is 27.7 Å². The summed E-state index contributed by atoms with van der Waals surface area (Å²) in [5.74, 6) is -21.5. The number of aliphatic hydroxyl groups is 4. The fourth-order valence-corrected chi connectivity index (χ4v) is 10.8. The SMILES string of the molecule is CC[C@H](C)[C@H](NC(=O)[C@H](CC(N)=O)NC(=O)[C@@H](NC(=O)[C@@H](NC(=O)[C@H](CCCCN)NC(=O)[C@@H](NC(=O)[C@H](CC(=O)O)NC(=O)[C@H](CCCCN)NC(=O)[C@H](CS)NC(=O)[C@H](CS)NC(=O)[C@H](C)NC(=O)[C@H](C)NC(=O)[C@@H](N)CC(C)C)[C@@H](C)O)[C@@H](C)O)[C@@H](C)O)C(=O)N[C@H](C(=O)N[C@@H](CC(C)C)C(=O)O)[C@@H](C)O. The van der Waals surface area contributed by atoms with E-state index in [4.69, 9.17) is 22.9 Å². The second-order valence-corrected chi connectivity index (χ2v) is 28.3. The predicted octanol–water partition coefficient (Wildman–Crippen LogP) is -8.65. The minimum absolute atomic E-state index is 0.0180. The Labute approximate surface area is 643 Å². The molecular weight excluding hydrogens is 1480 g/mol. The number of amides is 15. The average molecular weight is 1600 g/mol. The van der Waals surface area contributed by atoms with E-state index in [9.17, 15) is 112 Å². The van der Waals surface area contributed by atoms with Crippen LogP contribution in [0.5, 0.6) is 0 Å². The van der Waals surface area contributed by atoms with Gasteiger partial charge in [-0.1, -0.05) is 48.0 Å². The quantitative estimate of drug-likeness (QED) is 0.0199. The van der Waals surface area contributed by atoms with Crippen molar-refractivity contribution in [1.82, 2.24) is 74.4 Å². The number of aliphatic hydroxyl groups excluding tert-OH is 4. The predicted molar refractivity (Wildman–Crippen MR) is 399 cm³/mol. The van der Waals surface area contributed by atoms with Gasteiger partial charge in [-0.25, -0.2) is 4.79 Å². The Hall–Kier alpha value is -8.59. The van der Waals surface area contributed by atoms with Gasteiger partial charge in [-0.2, -0.15) is 25.3 Å². The summed E-state index contributed by atoms with van der Waals surface area (Å²) in [5, 5.41) is 95.1. The normalized spacial score (nSPS) is 16.8. The number of thiol groups is 2. The van der Waals surface area contributed by atoms with Crippen molar-refractivity contribution < 1.29 is 112 Å². The number of aliphatic carboxylic acids is 2. The zero-order valence-corrected chi connectivity index (χ0v) is 65.4. The van der Waals surface area contributed by atoms with E-state index in [0.29, 0.717) is 6.42 Å². The van der Waals surface area contributed by atoms with Crippen molar-refractivity contribution in [2.45, 2.75) is 269 Å². The first-order valence-electron chi connectivity index (χ1n) is 35.8. The van der Waals surface area contributed by atoms with Crippen LogP contribution in [0.2, 0.25) is 0 Å². The van der Waals surface area contributed by atoms with Crippen molar-refractivity contribution in [3.05, 3.63) is 0 Å². The number of rotatable bonds is 53. The molecule has 0 radical (unpaired) electrons. The third-order valence-corrected chi connectivity index (χ3v) is 17.5. The number of nitrogens with two attached hydrogens (primary N) is 4. The van der Waals surface area contributed by atoms with Gasteiger partial charge in [0.1, 0.15) is 84.6 Å². The second kappa shape index (κ2) is 51.0. The molecule has 0 bridgehead atoms. The number of carboxylic acid groups (broad SMARTS) is 2. The van der Waals surface area contributed by atoms with Crippen LogP contribution in [-0.2, 0) is 81.5 Å². The number of unbranched alkanes of at least 4 members (excludes halogenated alkanes) is 2. The largest absolute Gasteiger partial charge is 0.481 e. The number of hydrogen-bond acceptors (Lipinski definition) is 26. The van der Waals surface area contributed by atoms with Crippen LogP contribution in [0.1, 0.15) is 154 Å². The third kappa shape index (κ3) is 37.1. The highest BCUT2D eigenvalue weighted by molar-refractivity contribution is 7.80. The van der Waals surface area contributed by atoms with Crippen molar-refractivity contribution in [2.75, 3.05) is 24.6 Å². The molecule has 0 spiro atoms. The minimum Gasteiger partial charge on any atom is -0.481 e. The molecule has 20 atom stereocenters. The van der Waals surface area contributed by atoms with E-state index in [-0.39, 0.29) is 82.0 Å². The van der Waals surface area contributed by atoms with Gasteiger partial charge < -0.3 is 128 Å². The first-order valence-corrected chi connectivity index (χ1v) is 37.1. The molecule has 0 aliphatic carbocycles. The van der Waals surface area contributed by atoms with Gasteiger partial charge in [0, 0.05) is 11.5 Å².